The highest BCUT2D eigenvalue weighted by molar-refractivity contribution is 6.53. The molecule has 0 aromatic heterocycles. The van der Waals surface area contributed by atoms with Crippen molar-refractivity contribution in [3.63, 3.8) is 0 Å². The van der Waals surface area contributed by atoms with E-state index >= 15 is 0 Å². The maximum absolute atomic E-state index is 13.4. The highest BCUT2D eigenvalue weighted by atomic mass is 35.5. The fraction of sp³-hybridized carbons (Fsp3) is 0.250. The summed E-state index contributed by atoms with van der Waals surface area (Å²) in [7, 11) is 3.04. The van der Waals surface area contributed by atoms with Gasteiger partial charge in [-0.15, -0.1) is 0 Å². The molecular weight excluding hydrogens is 275 g/mol. The van der Waals surface area contributed by atoms with Gasteiger partial charge in [0.1, 0.15) is 12.4 Å². The Morgan fingerprint density at radius 1 is 1.37 bits per heavy atom. The van der Waals surface area contributed by atoms with Gasteiger partial charge in [0.05, 0.1) is 16.3 Å². The first-order valence-corrected chi connectivity index (χ1v) is 5.76. The lowest BCUT2D eigenvalue weighted by molar-refractivity contribution is -0.128. The van der Waals surface area contributed by atoms with Crippen molar-refractivity contribution in [3.8, 4) is 0 Å². The van der Waals surface area contributed by atoms with Crippen molar-refractivity contribution in [1.82, 2.24) is 4.90 Å². The Bertz CT molecular complexity index is 601. The molecule has 0 spiro atoms. The van der Waals surface area contributed by atoms with Gasteiger partial charge in [0, 0.05) is 14.1 Å². The van der Waals surface area contributed by atoms with Crippen LogP contribution in [-0.2, 0) is 9.59 Å². The molecule has 1 heterocycles. The Kier molecular flexibility index (Phi) is 3.28. The van der Waals surface area contributed by atoms with E-state index in [9.17, 15) is 18.8 Å². The fourth-order valence-electron chi connectivity index (χ4n) is 1.72. The molecule has 1 aliphatic rings. The van der Waals surface area contributed by atoms with E-state index in [0.717, 1.165) is 17.0 Å². The zero-order chi connectivity index (χ0) is 14.3. The van der Waals surface area contributed by atoms with Gasteiger partial charge in [-0.25, -0.2) is 4.39 Å². The van der Waals surface area contributed by atoms with Crippen molar-refractivity contribution in [2.75, 3.05) is 25.5 Å². The van der Waals surface area contributed by atoms with Crippen molar-refractivity contribution in [3.05, 3.63) is 28.5 Å². The quantitative estimate of drug-likeness (QED) is 0.764. The molecule has 0 saturated carbocycles. The van der Waals surface area contributed by atoms with E-state index in [0.29, 0.717) is 0 Å². The number of ketones is 1. The molecule has 1 aliphatic heterocycles. The van der Waals surface area contributed by atoms with E-state index in [1.165, 1.54) is 19.0 Å². The van der Waals surface area contributed by atoms with Gasteiger partial charge < -0.3 is 4.90 Å². The zero-order valence-electron chi connectivity index (χ0n) is 10.2. The Morgan fingerprint density at radius 3 is 2.58 bits per heavy atom. The lowest BCUT2D eigenvalue weighted by Gasteiger charge is -2.18. The Labute approximate surface area is 113 Å². The topological polar surface area (TPSA) is 57.7 Å². The third-order valence-electron chi connectivity index (χ3n) is 2.81. The Balaban J connectivity index is 2.44. The number of nitrogens with zero attached hydrogens (tertiary/aromatic N) is 2. The predicted octanol–water partition coefficient (Wildman–Crippen LogP) is 1.10. The van der Waals surface area contributed by atoms with Crippen LogP contribution >= 0.6 is 11.6 Å². The smallest absolute Gasteiger partial charge is 0.299 e. The predicted molar refractivity (Wildman–Crippen MR) is 66.8 cm³/mol. The molecule has 19 heavy (non-hydrogen) atoms. The Morgan fingerprint density at radius 2 is 2.00 bits per heavy atom. The van der Waals surface area contributed by atoms with Gasteiger partial charge in [0.15, 0.2) is 0 Å². The number of benzene rings is 1. The number of hydrogen-bond acceptors (Lipinski definition) is 3. The number of rotatable bonds is 2. The molecule has 0 bridgehead atoms. The minimum atomic E-state index is -0.855. The molecule has 0 atom stereocenters. The van der Waals surface area contributed by atoms with Crippen LogP contribution in [0.1, 0.15) is 10.4 Å². The molecule has 5 nitrogen and oxygen atoms in total. The minimum absolute atomic E-state index is 0.0166. The van der Waals surface area contributed by atoms with Crippen molar-refractivity contribution in [1.29, 1.82) is 0 Å². The number of hydrogen-bond donors (Lipinski definition) is 0. The highest BCUT2D eigenvalue weighted by Gasteiger charge is 2.37. The van der Waals surface area contributed by atoms with Crippen LogP contribution in [0.4, 0.5) is 10.1 Å². The second-order valence-corrected chi connectivity index (χ2v) is 4.70. The van der Waals surface area contributed by atoms with E-state index < -0.39 is 17.5 Å². The van der Waals surface area contributed by atoms with Crippen molar-refractivity contribution < 1.29 is 18.8 Å². The number of likely N-dealkylation sites (N-methyl/N-ethyl adjacent to an activating group) is 1. The van der Waals surface area contributed by atoms with Crippen LogP contribution in [0.25, 0.3) is 0 Å². The van der Waals surface area contributed by atoms with Gasteiger partial charge >= 0.3 is 0 Å². The van der Waals surface area contributed by atoms with Crippen molar-refractivity contribution in [2.24, 2.45) is 0 Å². The molecule has 0 aliphatic carbocycles. The SMILES string of the molecule is CN(C)C(=O)CN1C(=O)C(=O)c2cc(Cl)c(F)cc21. The lowest BCUT2D eigenvalue weighted by atomic mass is 10.1. The summed E-state index contributed by atoms with van der Waals surface area (Å²) in [5.41, 5.74) is 0.0926. The van der Waals surface area contributed by atoms with Crippen LogP contribution in [0.3, 0.4) is 0 Å². The molecule has 0 N–H and O–H groups in total. The summed E-state index contributed by atoms with van der Waals surface area (Å²) < 4.78 is 13.4. The van der Waals surface area contributed by atoms with Crippen LogP contribution in [-0.4, -0.2) is 43.1 Å². The first kappa shape index (κ1) is 13.5. The first-order chi connectivity index (χ1) is 8.82. The first-order valence-electron chi connectivity index (χ1n) is 5.38. The third kappa shape index (κ3) is 2.19. The summed E-state index contributed by atoms with van der Waals surface area (Å²) >= 11 is 5.58. The van der Waals surface area contributed by atoms with E-state index in [1.807, 2.05) is 0 Å². The summed E-state index contributed by atoms with van der Waals surface area (Å²) in [4.78, 5) is 37.4. The summed E-state index contributed by atoms with van der Waals surface area (Å²) in [6.07, 6.45) is 0. The summed E-state index contributed by atoms with van der Waals surface area (Å²) in [6, 6.07) is 2.09. The van der Waals surface area contributed by atoms with E-state index in [-0.39, 0.29) is 28.7 Å². The standard InChI is InChI=1S/C12H10ClFN2O3/c1-15(2)10(17)5-16-9-4-8(14)7(13)3-6(9)11(18)12(16)19/h3-4H,5H2,1-2H3. The second kappa shape index (κ2) is 4.62. The lowest BCUT2D eigenvalue weighted by Crippen LogP contribution is -2.39. The number of Topliss-reactive ketones (excluding diaryl/α,β-unsaturated/α-hetero) is 1. The third-order valence-corrected chi connectivity index (χ3v) is 3.10. The summed E-state index contributed by atoms with van der Waals surface area (Å²) in [5.74, 6) is -2.76. The van der Waals surface area contributed by atoms with Gasteiger partial charge in [0.25, 0.3) is 11.7 Å². The van der Waals surface area contributed by atoms with E-state index in [1.54, 1.807) is 0 Å². The maximum Gasteiger partial charge on any atom is 0.299 e. The van der Waals surface area contributed by atoms with Crippen LogP contribution in [0.5, 0.6) is 0 Å². The average Bonchev–Trinajstić information content (AvgIpc) is 2.56. The minimum Gasteiger partial charge on any atom is -0.347 e. The number of carbonyl (C=O) groups excluding carboxylic acids is 3. The van der Waals surface area contributed by atoms with Gasteiger partial charge in [-0.3, -0.25) is 19.3 Å². The molecule has 0 saturated heterocycles. The second-order valence-electron chi connectivity index (χ2n) is 4.29. The molecule has 0 fully saturated rings. The zero-order valence-corrected chi connectivity index (χ0v) is 11.0. The van der Waals surface area contributed by atoms with Crippen molar-refractivity contribution >= 4 is 34.9 Å². The Hall–Kier alpha value is -1.95. The molecule has 7 heteroatoms. The number of anilines is 1. The van der Waals surface area contributed by atoms with Gasteiger partial charge in [-0.2, -0.15) is 0 Å². The fourth-order valence-corrected chi connectivity index (χ4v) is 1.89. The molecule has 2 rings (SSSR count). The molecular formula is C12H10ClFN2O3. The highest BCUT2D eigenvalue weighted by Crippen LogP contribution is 2.32. The average molecular weight is 285 g/mol. The van der Waals surface area contributed by atoms with Crippen molar-refractivity contribution in [2.45, 2.75) is 0 Å². The number of halogens is 2. The summed E-state index contributed by atoms with van der Waals surface area (Å²) in [5, 5.41) is -0.235. The molecule has 1 aromatic rings. The molecule has 0 radical (unpaired) electrons. The molecule has 1 aromatic carbocycles. The monoisotopic (exact) mass is 284 g/mol. The normalized spacial score (nSPS) is 13.8. The van der Waals surface area contributed by atoms with E-state index in [2.05, 4.69) is 0 Å². The van der Waals surface area contributed by atoms with E-state index in [4.69, 9.17) is 11.6 Å². The largest absolute Gasteiger partial charge is 0.347 e. The van der Waals surface area contributed by atoms with Crippen LogP contribution in [0.15, 0.2) is 12.1 Å². The van der Waals surface area contributed by atoms with Crippen LogP contribution in [0, 0.1) is 5.82 Å². The van der Waals surface area contributed by atoms with Crippen LogP contribution in [0.2, 0.25) is 5.02 Å². The summed E-state index contributed by atoms with van der Waals surface area (Å²) in [6.45, 7) is -0.314. The number of fused-ring (bicyclic) bond motifs is 1. The molecule has 0 unspecified atom stereocenters. The molecule has 2 amide bonds. The van der Waals surface area contributed by atoms with Gasteiger partial charge in [0.2, 0.25) is 5.91 Å². The van der Waals surface area contributed by atoms with Gasteiger partial charge in [-0.1, -0.05) is 11.6 Å². The van der Waals surface area contributed by atoms with Gasteiger partial charge in [-0.05, 0) is 12.1 Å². The number of carbonyl (C=O) groups is 3. The number of amides is 2. The maximum atomic E-state index is 13.4. The van der Waals surface area contributed by atoms with Crippen LogP contribution < -0.4 is 4.90 Å². The molecule has 100 valence electrons.